The van der Waals surface area contributed by atoms with Crippen molar-refractivity contribution in [3.05, 3.63) is 57.6 Å². The summed E-state index contributed by atoms with van der Waals surface area (Å²) in [5, 5.41) is 2.90. The van der Waals surface area contributed by atoms with Crippen molar-refractivity contribution in [1.29, 1.82) is 0 Å². The largest absolute Gasteiger partial charge is 0.416 e. The second-order valence-electron chi connectivity index (χ2n) is 5.91. The molecule has 174 valence electrons. The van der Waals surface area contributed by atoms with Gasteiger partial charge in [-0.1, -0.05) is 46.7 Å². The van der Waals surface area contributed by atoms with Crippen LogP contribution in [0.15, 0.2) is 36.4 Å². The average Bonchev–Trinajstić information content (AvgIpc) is 2.67. The quantitative estimate of drug-likeness (QED) is 0.298. The summed E-state index contributed by atoms with van der Waals surface area (Å²) in [6, 6.07) is 4.95. The number of thioether (sulfide) groups is 2. The molecule has 0 saturated carbocycles. The van der Waals surface area contributed by atoms with Crippen molar-refractivity contribution in [2.75, 3.05) is 22.1 Å². The minimum absolute atomic E-state index is 0.0802. The van der Waals surface area contributed by atoms with Crippen molar-refractivity contribution in [2.24, 2.45) is 0 Å². The normalized spacial score (nSPS) is 11.9. The lowest BCUT2D eigenvalue weighted by Gasteiger charge is -2.12. The number of rotatable bonds is 5. The van der Waals surface area contributed by atoms with Gasteiger partial charge < -0.3 is 10.6 Å². The second kappa shape index (κ2) is 10.9. The summed E-state index contributed by atoms with van der Waals surface area (Å²) in [6.45, 7) is 0. The molecule has 0 bridgehead atoms. The van der Waals surface area contributed by atoms with Gasteiger partial charge in [0.2, 0.25) is 0 Å². The smallest absolute Gasteiger partial charge is 0.315 e. The molecule has 0 unspecified atom stereocenters. The molecule has 4 nitrogen and oxygen atoms in total. The zero-order valence-electron chi connectivity index (χ0n) is 15.5. The van der Waals surface area contributed by atoms with Crippen molar-refractivity contribution in [3.8, 4) is 0 Å². The van der Waals surface area contributed by atoms with Crippen LogP contribution in [0, 0.1) is 0 Å². The second-order valence-corrected chi connectivity index (χ2v) is 8.86. The monoisotopic (exact) mass is 536 g/mol. The highest BCUT2D eigenvalue weighted by Crippen LogP contribution is 2.35. The van der Waals surface area contributed by atoms with Crippen LogP contribution < -0.4 is 10.6 Å². The number of halogens is 8. The van der Waals surface area contributed by atoms with E-state index in [2.05, 4.69) is 10.6 Å². The van der Waals surface area contributed by atoms with Crippen LogP contribution in [0.2, 0.25) is 10.0 Å². The number of carbonyl (C=O) groups excluding carboxylic acids is 2. The fraction of sp³-hybridized carbons (Fsp3) is 0.222. The molecule has 2 amide bonds. The molecule has 0 fully saturated rings. The third-order valence-electron chi connectivity index (χ3n) is 3.61. The lowest BCUT2D eigenvalue weighted by atomic mass is 10.2. The highest BCUT2D eigenvalue weighted by Gasteiger charge is 2.32. The Morgan fingerprint density at radius 2 is 1.06 bits per heavy atom. The number of carbonyl (C=O) groups is 2. The molecule has 0 aromatic heterocycles. The zero-order valence-corrected chi connectivity index (χ0v) is 18.7. The van der Waals surface area contributed by atoms with E-state index < -0.39 is 34.0 Å². The van der Waals surface area contributed by atoms with Gasteiger partial charge in [0.1, 0.15) is 0 Å². The van der Waals surface area contributed by atoms with Gasteiger partial charge in [0.05, 0.1) is 32.5 Å². The van der Waals surface area contributed by atoms with Crippen LogP contribution in [0.1, 0.15) is 11.1 Å². The van der Waals surface area contributed by atoms with Gasteiger partial charge in [0.25, 0.3) is 10.5 Å². The Kier molecular flexibility index (Phi) is 9.03. The van der Waals surface area contributed by atoms with E-state index in [4.69, 9.17) is 23.2 Å². The van der Waals surface area contributed by atoms with Crippen molar-refractivity contribution in [1.82, 2.24) is 0 Å². The third kappa shape index (κ3) is 7.98. The molecule has 2 rings (SSSR count). The van der Waals surface area contributed by atoms with Crippen LogP contribution >= 0.6 is 46.7 Å². The third-order valence-corrected chi connectivity index (χ3v) is 6.07. The van der Waals surface area contributed by atoms with Crippen molar-refractivity contribution < 1.29 is 35.9 Å². The molecular formula is C18H12Cl2F6N2O2S2. The van der Waals surface area contributed by atoms with Crippen LogP contribution in [0.3, 0.4) is 0 Å². The van der Waals surface area contributed by atoms with Crippen molar-refractivity contribution >= 4 is 68.6 Å². The molecule has 0 spiro atoms. The molecule has 0 saturated heterocycles. The van der Waals surface area contributed by atoms with Gasteiger partial charge in [-0.25, -0.2) is 0 Å². The maximum atomic E-state index is 12.8. The number of hydrogen-bond donors (Lipinski definition) is 2. The van der Waals surface area contributed by atoms with E-state index in [-0.39, 0.29) is 32.9 Å². The average molecular weight is 537 g/mol. The van der Waals surface area contributed by atoms with Gasteiger partial charge in [0.15, 0.2) is 0 Å². The summed E-state index contributed by atoms with van der Waals surface area (Å²) in [4.78, 5) is 23.8. The van der Waals surface area contributed by atoms with E-state index in [0.29, 0.717) is 35.7 Å². The van der Waals surface area contributed by atoms with Gasteiger partial charge in [-0.3, -0.25) is 9.59 Å². The van der Waals surface area contributed by atoms with Gasteiger partial charge in [0, 0.05) is 11.5 Å². The maximum absolute atomic E-state index is 12.8. The van der Waals surface area contributed by atoms with E-state index in [0.717, 1.165) is 24.3 Å². The minimum Gasteiger partial charge on any atom is -0.315 e. The summed E-state index contributed by atoms with van der Waals surface area (Å²) >= 11 is 13.0. The van der Waals surface area contributed by atoms with Gasteiger partial charge >= 0.3 is 12.4 Å². The number of benzene rings is 2. The van der Waals surface area contributed by atoms with Crippen LogP contribution in [0.25, 0.3) is 0 Å². The predicted molar refractivity (Wildman–Crippen MR) is 116 cm³/mol. The molecule has 0 atom stereocenters. The topological polar surface area (TPSA) is 58.2 Å². The van der Waals surface area contributed by atoms with Gasteiger partial charge in [-0.05, 0) is 36.4 Å². The fourth-order valence-corrected chi connectivity index (χ4v) is 3.89. The molecular weight excluding hydrogens is 525 g/mol. The molecule has 0 aliphatic carbocycles. The van der Waals surface area contributed by atoms with Gasteiger partial charge in [-0.15, -0.1) is 0 Å². The van der Waals surface area contributed by atoms with E-state index in [9.17, 15) is 35.9 Å². The van der Waals surface area contributed by atoms with E-state index in [1.807, 2.05) is 0 Å². The molecule has 0 heterocycles. The summed E-state index contributed by atoms with van der Waals surface area (Å²) in [5.41, 5.74) is -2.41. The lowest BCUT2D eigenvalue weighted by Crippen LogP contribution is -2.11. The number of anilines is 2. The summed E-state index contributed by atoms with van der Waals surface area (Å²) in [7, 11) is 0. The first kappa shape index (κ1) is 26.5. The Labute approximate surface area is 196 Å². The molecule has 0 radical (unpaired) electrons. The number of nitrogens with one attached hydrogen (secondary N) is 2. The summed E-state index contributed by atoms with van der Waals surface area (Å²) in [5.74, 6) is 0.160. The first-order chi connectivity index (χ1) is 14.8. The maximum Gasteiger partial charge on any atom is 0.416 e. The fourth-order valence-electron chi connectivity index (χ4n) is 2.16. The molecule has 2 aromatic carbocycles. The van der Waals surface area contributed by atoms with E-state index >= 15 is 0 Å². The molecule has 32 heavy (non-hydrogen) atoms. The first-order valence-electron chi connectivity index (χ1n) is 8.38. The number of amides is 2. The minimum atomic E-state index is -4.61. The van der Waals surface area contributed by atoms with E-state index in [1.165, 1.54) is 0 Å². The van der Waals surface area contributed by atoms with Gasteiger partial charge in [-0.2, -0.15) is 26.3 Å². The number of hydrogen-bond acceptors (Lipinski definition) is 4. The molecule has 0 aliphatic rings. The Morgan fingerprint density at radius 1 is 0.719 bits per heavy atom. The Balaban J connectivity index is 1.83. The van der Waals surface area contributed by atoms with Crippen LogP contribution in [-0.2, 0) is 12.4 Å². The van der Waals surface area contributed by atoms with Crippen molar-refractivity contribution in [2.45, 2.75) is 12.4 Å². The number of alkyl halides is 6. The highest BCUT2D eigenvalue weighted by atomic mass is 35.5. The van der Waals surface area contributed by atoms with Crippen molar-refractivity contribution in [3.63, 3.8) is 0 Å². The lowest BCUT2D eigenvalue weighted by molar-refractivity contribution is -0.138. The SMILES string of the molecule is O=C(Nc1cc(C(F)(F)F)ccc1Cl)SCCSC(=O)Nc1cc(C(F)(F)F)ccc1Cl. The van der Waals surface area contributed by atoms with Crippen LogP contribution in [0.5, 0.6) is 0 Å². The molecule has 14 heteroatoms. The Hall–Kier alpha value is -1.76. The first-order valence-corrected chi connectivity index (χ1v) is 11.1. The summed E-state index contributed by atoms with van der Waals surface area (Å²) < 4.78 is 76.5. The Bertz CT molecular complexity index is 923. The molecule has 0 aliphatic heterocycles. The predicted octanol–water partition coefficient (Wildman–Crippen LogP) is 8.26. The molecule has 2 aromatic rings. The summed E-state index contributed by atoms with van der Waals surface area (Å²) in [6.07, 6.45) is -9.21. The highest BCUT2D eigenvalue weighted by molar-refractivity contribution is 8.17. The van der Waals surface area contributed by atoms with Crippen LogP contribution in [0.4, 0.5) is 47.3 Å². The zero-order chi connectivity index (χ0) is 24.1. The van der Waals surface area contributed by atoms with Crippen LogP contribution in [-0.4, -0.2) is 22.0 Å². The Morgan fingerprint density at radius 3 is 1.38 bits per heavy atom. The molecule has 2 N–H and O–H groups in total. The van der Waals surface area contributed by atoms with E-state index in [1.54, 1.807) is 0 Å². The standard InChI is InChI=1S/C18H12Cl2F6N2O2S2/c19-11-3-1-9(17(21,22)23)7-13(11)27-15(29)31-5-6-32-16(30)28-14-8-10(18(24,25)26)2-4-12(14)20/h1-4,7-8H,5-6H2,(H,27,29)(H,28,30).